The monoisotopic (exact) mass is 307 g/mol. The lowest BCUT2D eigenvalue weighted by molar-refractivity contribution is 0.870. The number of hydrogen-bond donors (Lipinski definition) is 1. The predicted octanol–water partition coefficient (Wildman–Crippen LogP) is 4.58. The second-order valence-corrected chi connectivity index (χ2v) is 5.77. The van der Waals surface area contributed by atoms with E-state index in [4.69, 9.17) is 11.6 Å². The maximum Gasteiger partial charge on any atom is 0.133 e. The van der Waals surface area contributed by atoms with Crippen molar-refractivity contribution in [2.24, 2.45) is 0 Å². The average Bonchev–Trinajstić information content (AvgIpc) is 2.45. The number of rotatable bonds is 5. The second-order valence-electron chi connectivity index (χ2n) is 4.33. The summed E-state index contributed by atoms with van der Waals surface area (Å²) in [7, 11) is 0. The number of anilines is 1. The summed E-state index contributed by atoms with van der Waals surface area (Å²) < 4.78 is 0. The van der Waals surface area contributed by atoms with Crippen molar-refractivity contribution in [3.63, 3.8) is 0 Å². The summed E-state index contributed by atoms with van der Waals surface area (Å²) in [5.74, 6) is 1.76. The normalized spacial score (nSPS) is 10.6. The SMILES string of the molecule is CCNc1nc(CC)nc(Sc2ccccc2Cl)c1C. The van der Waals surface area contributed by atoms with Crippen LogP contribution in [0, 0.1) is 6.92 Å². The fourth-order valence-corrected chi connectivity index (χ4v) is 2.94. The Kier molecular flexibility index (Phi) is 5.26. The maximum absolute atomic E-state index is 6.22. The summed E-state index contributed by atoms with van der Waals surface area (Å²) in [6.45, 7) is 7.01. The minimum absolute atomic E-state index is 0.749. The van der Waals surface area contributed by atoms with Gasteiger partial charge in [0.1, 0.15) is 16.7 Å². The van der Waals surface area contributed by atoms with Gasteiger partial charge < -0.3 is 5.32 Å². The zero-order valence-electron chi connectivity index (χ0n) is 11.9. The van der Waals surface area contributed by atoms with E-state index in [1.165, 1.54) is 0 Å². The molecular weight excluding hydrogens is 290 g/mol. The number of benzene rings is 1. The Balaban J connectivity index is 2.40. The van der Waals surface area contributed by atoms with Crippen molar-refractivity contribution in [3.8, 4) is 0 Å². The summed E-state index contributed by atoms with van der Waals surface area (Å²) >= 11 is 7.81. The maximum atomic E-state index is 6.22. The van der Waals surface area contributed by atoms with Crippen molar-refractivity contribution in [1.82, 2.24) is 9.97 Å². The number of hydrogen-bond acceptors (Lipinski definition) is 4. The Morgan fingerprint density at radius 2 is 1.95 bits per heavy atom. The molecule has 0 unspecified atom stereocenters. The van der Waals surface area contributed by atoms with Crippen LogP contribution in [-0.2, 0) is 6.42 Å². The number of halogens is 1. The quantitative estimate of drug-likeness (QED) is 0.820. The summed E-state index contributed by atoms with van der Waals surface area (Å²) in [6, 6.07) is 7.82. The van der Waals surface area contributed by atoms with Crippen LogP contribution in [0.2, 0.25) is 5.02 Å². The molecule has 0 bridgehead atoms. The number of aromatic nitrogens is 2. The minimum atomic E-state index is 0.749. The Labute approximate surface area is 129 Å². The molecule has 5 heteroatoms. The van der Waals surface area contributed by atoms with Crippen LogP contribution in [0.25, 0.3) is 0 Å². The van der Waals surface area contributed by atoms with Crippen LogP contribution in [-0.4, -0.2) is 16.5 Å². The van der Waals surface area contributed by atoms with Gasteiger partial charge in [0.25, 0.3) is 0 Å². The molecule has 0 aliphatic rings. The first-order valence-electron chi connectivity index (χ1n) is 6.69. The number of nitrogens with zero attached hydrogens (tertiary/aromatic N) is 2. The van der Waals surface area contributed by atoms with Gasteiger partial charge in [-0.15, -0.1) is 0 Å². The lowest BCUT2D eigenvalue weighted by Gasteiger charge is -2.12. The predicted molar refractivity (Wildman–Crippen MR) is 85.9 cm³/mol. The van der Waals surface area contributed by atoms with E-state index in [-0.39, 0.29) is 0 Å². The van der Waals surface area contributed by atoms with E-state index < -0.39 is 0 Å². The van der Waals surface area contributed by atoms with Crippen LogP contribution in [0.4, 0.5) is 5.82 Å². The first-order valence-corrected chi connectivity index (χ1v) is 7.88. The molecule has 1 aromatic heterocycles. The van der Waals surface area contributed by atoms with E-state index in [0.29, 0.717) is 0 Å². The molecule has 0 radical (unpaired) electrons. The molecule has 106 valence electrons. The fourth-order valence-electron chi connectivity index (χ4n) is 1.77. The molecule has 0 aliphatic heterocycles. The van der Waals surface area contributed by atoms with Gasteiger partial charge in [-0.3, -0.25) is 0 Å². The van der Waals surface area contributed by atoms with Crippen LogP contribution in [0.1, 0.15) is 25.2 Å². The molecule has 0 saturated carbocycles. The Morgan fingerprint density at radius 3 is 2.60 bits per heavy atom. The second kappa shape index (κ2) is 6.95. The van der Waals surface area contributed by atoms with Crippen molar-refractivity contribution < 1.29 is 0 Å². The lowest BCUT2D eigenvalue weighted by Crippen LogP contribution is -2.07. The van der Waals surface area contributed by atoms with Gasteiger partial charge in [-0.2, -0.15) is 0 Å². The van der Waals surface area contributed by atoms with Gasteiger partial charge in [0, 0.05) is 23.4 Å². The summed E-state index contributed by atoms with van der Waals surface area (Å²) in [6.07, 6.45) is 0.814. The fraction of sp³-hybridized carbons (Fsp3) is 0.333. The molecule has 3 nitrogen and oxygen atoms in total. The third-order valence-electron chi connectivity index (χ3n) is 2.85. The molecule has 1 heterocycles. The molecule has 0 spiro atoms. The van der Waals surface area contributed by atoms with Crippen molar-refractivity contribution in [3.05, 3.63) is 40.7 Å². The number of nitrogens with one attached hydrogen (secondary N) is 1. The van der Waals surface area contributed by atoms with E-state index in [1.807, 2.05) is 31.2 Å². The van der Waals surface area contributed by atoms with Crippen LogP contribution in [0.3, 0.4) is 0 Å². The van der Waals surface area contributed by atoms with Crippen molar-refractivity contribution in [2.75, 3.05) is 11.9 Å². The van der Waals surface area contributed by atoms with Gasteiger partial charge >= 0.3 is 0 Å². The van der Waals surface area contributed by atoms with E-state index in [1.54, 1.807) is 11.8 Å². The molecule has 2 aromatic rings. The van der Waals surface area contributed by atoms with E-state index in [0.717, 1.165) is 45.1 Å². The molecule has 0 atom stereocenters. The Bertz CT molecular complexity index is 602. The third-order valence-corrected chi connectivity index (χ3v) is 4.46. The summed E-state index contributed by atoms with van der Waals surface area (Å²) in [4.78, 5) is 10.2. The molecule has 0 aliphatic carbocycles. The number of aryl methyl sites for hydroxylation is 1. The summed E-state index contributed by atoms with van der Waals surface area (Å²) in [5, 5.41) is 5.00. The van der Waals surface area contributed by atoms with Crippen LogP contribution >= 0.6 is 23.4 Å². The smallest absolute Gasteiger partial charge is 0.133 e. The van der Waals surface area contributed by atoms with Crippen LogP contribution in [0.15, 0.2) is 34.2 Å². The lowest BCUT2D eigenvalue weighted by atomic mass is 10.3. The van der Waals surface area contributed by atoms with Crippen LogP contribution in [0.5, 0.6) is 0 Å². The zero-order valence-corrected chi connectivity index (χ0v) is 13.5. The first-order chi connectivity index (χ1) is 9.65. The zero-order chi connectivity index (χ0) is 14.5. The van der Waals surface area contributed by atoms with Crippen molar-refractivity contribution in [1.29, 1.82) is 0 Å². The highest BCUT2D eigenvalue weighted by Gasteiger charge is 2.12. The average molecular weight is 308 g/mol. The molecule has 0 amide bonds. The molecule has 0 fully saturated rings. The van der Waals surface area contributed by atoms with Gasteiger partial charge in [0.15, 0.2) is 0 Å². The Hall–Kier alpha value is -1.26. The van der Waals surface area contributed by atoms with Gasteiger partial charge in [-0.05, 0) is 26.0 Å². The summed E-state index contributed by atoms with van der Waals surface area (Å²) in [5.41, 5.74) is 1.06. The highest BCUT2D eigenvalue weighted by atomic mass is 35.5. The van der Waals surface area contributed by atoms with E-state index in [9.17, 15) is 0 Å². The molecular formula is C15H18ClN3S. The molecule has 1 N–H and O–H groups in total. The molecule has 20 heavy (non-hydrogen) atoms. The standard InChI is InChI=1S/C15H18ClN3S/c1-4-13-18-14(17-5-2)10(3)15(19-13)20-12-9-7-6-8-11(12)16/h6-9H,4-5H2,1-3H3,(H,17,18,19). The largest absolute Gasteiger partial charge is 0.370 e. The van der Waals surface area contributed by atoms with Crippen molar-refractivity contribution >= 4 is 29.2 Å². The molecule has 0 saturated heterocycles. The van der Waals surface area contributed by atoms with E-state index >= 15 is 0 Å². The molecule has 1 aromatic carbocycles. The van der Waals surface area contributed by atoms with Gasteiger partial charge in [-0.25, -0.2) is 9.97 Å². The van der Waals surface area contributed by atoms with Gasteiger partial charge in [0.2, 0.25) is 0 Å². The Morgan fingerprint density at radius 1 is 1.20 bits per heavy atom. The molecule has 2 rings (SSSR count). The first kappa shape index (κ1) is 15.1. The van der Waals surface area contributed by atoms with Gasteiger partial charge in [-0.1, -0.05) is 42.4 Å². The van der Waals surface area contributed by atoms with Crippen molar-refractivity contribution in [2.45, 2.75) is 37.1 Å². The van der Waals surface area contributed by atoms with E-state index in [2.05, 4.69) is 29.1 Å². The topological polar surface area (TPSA) is 37.8 Å². The van der Waals surface area contributed by atoms with Crippen LogP contribution < -0.4 is 5.32 Å². The highest BCUT2D eigenvalue weighted by Crippen LogP contribution is 2.35. The van der Waals surface area contributed by atoms with Gasteiger partial charge in [0.05, 0.1) is 5.02 Å². The highest BCUT2D eigenvalue weighted by molar-refractivity contribution is 7.99. The third kappa shape index (κ3) is 3.44. The minimum Gasteiger partial charge on any atom is -0.370 e.